The molecule has 0 aromatic carbocycles. The molecule has 0 aliphatic rings. The second kappa shape index (κ2) is 6.14. The molecule has 0 radical (unpaired) electrons. The van der Waals surface area contributed by atoms with Gasteiger partial charge >= 0.3 is 0 Å². The zero-order valence-electron chi connectivity index (χ0n) is 8.17. The first-order chi connectivity index (χ1) is 5.63. The van der Waals surface area contributed by atoms with Crippen molar-refractivity contribution in [2.75, 3.05) is 13.7 Å². The number of hydrogen-bond acceptors (Lipinski definition) is 3. The number of ether oxygens (including phenoxy) is 1. The molecule has 0 bridgehead atoms. The Hall–Kier alpha value is -0.410. The van der Waals surface area contributed by atoms with E-state index in [0.717, 1.165) is 12.8 Å². The molecule has 3 nitrogen and oxygen atoms in total. The number of ketones is 1. The van der Waals surface area contributed by atoms with E-state index in [1.165, 1.54) is 0 Å². The monoisotopic (exact) mass is 173 g/mol. The van der Waals surface area contributed by atoms with Gasteiger partial charge in [0.1, 0.15) is 0 Å². The molecule has 0 aromatic heterocycles. The van der Waals surface area contributed by atoms with Crippen LogP contribution < -0.4 is 5.73 Å². The minimum Gasteiger partial charge on any atom is -0.385 e. The molecule has 0 aliphatic heterocycles. The van der Waals surface area contributed by atoms with Crippen LogP contribution in [-0.2, 0) is 9.53 Å². The van der Waals surface area contributed by atoms with E-state index < -0.39 is 0 Å². The lowest BCUT2D eigenvalue weighted by Gasteiger charge is -2.13. The number of methoxy groups -OCH3 is 1. The van der Waals surface area contributed by atoms with E-state index in [-0.39, 0.29) is 17.7 Å². The summed E-state index contributed by atoms with van der Waals surface area (Å²) in [5.41, 5.74) is 5.60. The highest BCUT2D eigenvalue weighted by atomic mass is 16.5. The number of carbonyl (C=O) groups is 1. The number of carbonyl (C=O) groups excluding carboxylic acids is 1. The van der Waals surface area contributed by atoms with Gasteiger partial charge < -0.3 is 10.5 Å². The zero-order chi connectivity index (χ0) is 9.56. The Labute approximate surface area is 74.3 Å². The minimum atomic E-state index is -0.295. The van der Waals surface area contributed by atoms with Gasteiger partial charge in [-0.3, -0.25) is 4.79 Å². The van der Waals surface area contributed by atoms with E-state index in [9.17, 15) is 4.79 Å². The molecular weight excluding hydrogens is 154 g/mol. The lowest BCUT2D eigenvalue weighted by atomic mass is 9.96. The maximum atomic E-state index is 11.4. The van der Waals surface area contributed by atoms with Crippen LogP contribution in [0.5, 0.6) is 0 Å². The Morgan fingerprint density at radius 3 is 2.58 bits per heavy atom. The average Bonchev–Trinajstić information content (AvgIpc) is 2.11. The van der Waals surface area contributed by atoms with Crippen molar-refractivity contribution in [3.8, 4) is 0 Å². The normalized spacial score (nSPS) is 15.7. The third kappa shape index (κ3) is 3.83. The first-order valence-corrected chi connectivity index (χ1v) is 4.41. The van der Waals surface area contributed by atoms with Crippen molar-refractivity contribution in [1.82, 2.24) is 0 Å². The van der Waals surface area contributed by atoms with Crippen LogP contribution in [0.15, 0.2) is 0 Å². The molecular formula is C9H19NO2. The Morgan fingerprint density at radius 2 is 2.17 bits per heavy atom. The van der Waals surface area contributed by atoms with Crippen LogP contribution in [-0.4, -0.2) is 25.5 Å². The lowest BCUT2D eigenvalue weighted by molar-refractivity contribution is -0.124. The van der Waals surface area contributed by atoms with Gasteiger partial charge in [0.15, 0.2) is 5.78 Å². The molecule has 0 heterocycles. The Kier molecular flexibility index (Phi) is 5.93. The molecule has 0 fully saturated rings. The van der Waals surface area contributed by atoms with E-state index >= 15 is 0 Å². The molecule has 2 atom stereocenters. The largest absolute Gasteiger partial charge is 0.385 e. The summed E-state index contributed by atoms with van der Waals surface area (Å²) in [5, 5.41) is 0. The molecule has 2 N–H and O–H groups in total. The van der Waals surface area contributed by atoms with Crippen molar-refractivity contribution < 1.29 is 9.53 Å². The summed E-state index contributed by atoms with van der Waals surface area (Å²) in [6.45, 7) is 4.45. The van der Waals surface area contributed by atoms with Crippen molar-refractivity contribution >= 4 is 5.78 Å². The molecule has 2 unspecified atom stereocenters. The van der Waals surface area contributed by atoms with E-state index in [4.69, 9.17) is 10.5 Å². The summed E-state index contributed by atoms with van der Waals surface area (Å²) in [5.74, 6) is 0.175. The third-order valence-corrected chi connectivity index (χ3v) is 2.05. The van der Waals surface area contributed by atoms with Gasteiger partial charge in [-0.2, -0.15) is 0 Å². The van der Waals surface area contributed by atoms with Gasteiger partial charge in [-0.15, -0.1) is 0 Å². The van der Waals surface area contributed by atoms with Gasteiger partial charge in [-0.05, 0) is 12.8 Å². The number of rotatable bonds is 6. The van der Waals surface area contributed by atoms with Gasteiger partial charge in [0.2, 0.25) is 0 Å². The first-order valence-electron chi connectivity index (χ1n) is 4.41. The smallest absolute Gasteiger partial charge is 0.152 e. The topological polar surface area (TPSA) is 52.3 Å². The highest BCUT2D eigenvalue weighted by Crippen LogP contribution is 2.06. The molecule has 12 heavy (non-hydrogen) atoms. The second-order valence-electron chi connectivity index (χ2n) is 3.10. The van der Waals surface area contributed by atoms with Crippen molar-refractivity contribution in [3.05, 3.63) is 0 Å². The Bertz CT molecular complexity index is 136. The summed E-state index contributed by atoms with van der Waals surface area (Å²) in [6, 6.07) is -0.295. The second-order valence-corrected chi connectivity index (χ2v) is 3.10. The highest BCUT2D eigenvalue weighted by Gasteiger charge is 2.18. The third-order valence-electron chi connectivity index (χ3n) is 2.05. The molecule has 0 aliphatic carbocycles. The fourth-order valence-electron chi connectivity index (χ4n) is 1.00. The van der Waals surface area contributed by atoms with E-state index in [0.29, 0.717) is 6.61 Å². The molecule has 3 heteroatoms. The maximum Gasteiger partial charge on any atom is 0.152 e. The molecule has 0 spiro atoms. The Balaban J connectivity index is 3.75. The van der Waals surface area contributed by atoms with Gasteiger partial charge in [0.25, 0.3) is 0 Å². The van der Waals surface area contributed by atoms with Crippen LogP contribution >= 0.6 is 0 Å². The van der Waals surface area contributed by atoms with E-state index in [2.05, 4.69) is 0 Å². The molecule has 0 amide bonds. The van der Waals surface area contributed by atoms with E-state index in [1.807, 2.05) is 13.8 Å². The number of nitrogens with two attached hydrogens (primary N) is 1. The van der Waals surface area contributed by atoms with Crippen LogP contribution in [0.25, 0.3) is 0 Å². The Morgan fingerprint density at radius 1 is 1.58 bits per heavy atom. The van der Waals surface area contributed by atoms with Crippen molar-refractivity contribution in [2.24, 2.45) is 11.7 Å². The van der Waals surface area contributed by atoms with Crippen LogP contribution in [0, 0.1) is 5.92 Å². The SMILES string of the molecule is CCC(N)C(=O)C(C)CCOC. The van der Waals surface area contributed by atoms with Crippen LogP contribution in [0.1, 0.15) is 26.7 Å². The highest BCUT2D eigenvalue weighted by molar-refractivity contribution is 5.85. The van der Waals surface area contributed by atoms with Crippen LogP contribution in [0.2, 0.25) is 0 Å². The van der Waals surface area contributed by atoms with E-state index in [1.54, 1.807) is 7.11 Å². The maximum absolute atomic E-state index is 11.4. The number of hydrogen-bond donors (Lipinski definition) is 1. The summed E-state index contributed by atoms with van der Waals surface area (Å²) in [7, 11) is 1.64. The number of Topliss-reactive ketones (excluding diaryl/α,β-unsaturated/α-hetero) is 1. The fourth-order valence-corrected chi connectivity index (χ4v) is 1.00. The summed E-state index contributed by atoms with van der Waals surface area (Å²) >= 11 is 0. The van der Waals surface area contributed by atoms with Crippen molar-refractivity contribution in [2.45, 2.75) is 32.7 Å². The van der Waals surface area contributed by atoms with Gasteiger partial charge in [0.05, 0.1) is 6.04 Å². The predicted molar refractivity (Wildman–Crippen MR) is 48.9 cm³/mol. The quantitative estimate of drug-likeness (QED) is 0.651. The minimum absolute atomic E-state index is 0.0277. The lowest BCUT2D eigenvalue weighted by Crippen LogP contribution is -2.34. The van der Waals surface area contributed by atoms with Crippen molar-refractivity contribution in [1.29, 1.82) is 0 Å². The molecule has 0 saturated carbocycles. The standard InChI is InChI=1S/C9H19NO2/c1-4-8(10)9(11)7(2)5-6-12-3/h7-8H,4-6,10H2,1-3H3. The molecule has 0 rings (SSSR count). The van der Waals surface area contributed by atoms with Gasteiger partial charge in [0, 0.05) is 19.6 Å². The molecule has 0 aromatic rings. The summed E-state index contributed by atoms with van der Waals surface area (Å²) in [4.78, 5) is 11.4. The summed E-state index contributed by atoms with van der Waals surface area (Å²) < 4.78 is 4.88. The van der Waals surface area contributed by atoms with Crippen LogP contribution in [0.4, 0.5) is 0 Å². The van der Waals surface area contributed by atoms with Gasteiger partial charge in [-0.1, -0.05) is 13.8 Å². The summed E-state index contributed by atoms with van der Waals surface area (Å²) in [6.07, 6.45) is 1.49. The predicted octanol–water partition coefficient (Wildman–Crippen LogP) is 0.965. The average molecular weight is 173 g/mol. The zero-order valence-corrected chi connectivity index (χ0v) is 8.17. The molecule has 72 valence electrons. The van der Waals surface area contributed by atoms with Crippen molar-refractivity contribution in [3.63, 3.8) is 0 Å². The molecule has 0 saturated heterocycles. The van der Waals surface area contributed by atoms with Gasteiger partial charge in [-0.25, -0.2) is 0 Å². The fraction of sp³-hybridized carbons (Fsp3) is 0.889. The first kappa shape index (κ1) is 11.6. The van der Waals surface area contributed by atoms with Crippen LogP contribution in [0.3, 0.4) is 0 Å².